The lowest BCUT2D eigenvalue weighted by atomic mass is 10.1. The lowest BCUT2D eigenvalue weighted by molar-refractivity contribution is -0.163. The lowest BCUT2D eigenvalue weighted by Crippen LogP contribution is -2.45. The normalized spacial score (nSPS) is 21.4. The van der Waals surface area contributed by atoms with Crippen LogP contribution in [0.3, 0.4) is 0 Å². The maximum Gasteiger partial charge on any atom is 0.408 e. The second-order valence-electron chi connectivity index (χ2n) is 8.24. The summed E-state index contributed by atoms with van der Waals surface area (Å²) in [7, 11) is 0. The van der Waals surface area contributed by atoms with Crippen molar-refractivity contribution in [3.05, 3.63) is 41.7 Å². The van der Waals surface area contributed by atoms with Gasteiger partial charge in [0.05, 0.1) is 30.1 Å². The van der Waals surface area contributed by atoms with Gasteiger partial charge in [0, 0.05) is 24.9 Å². The minimum absolute atomic E-state index is 0.0224. The zero-order valence-electron chi connectivity index (χ0n) is 18.0. The molecule has 4 heterocycles. The fraction of sp³-hybridized carbons (Fsp3) is 0.524. The number of pyridine rings is 1. The molecule has 0 amide bonds. The first-order valence-electron chi connectivity index (χ1n) is 10.5. The van der Waals surface area contributed by atoms with Crippen molar-refractivity contribution in [1.29, 1.82) is 0 Å². The number of aromatic nitrogens is 5. The van der Waals surface area contributed by atoms with Gasteiger partial charge in [0.1, 0.15) is 29.7 Å². The van der Waals surface area contributed by atoms with Gasteiger partial charge in [-0.15, -0.1) is 0 Å². The number of piperidine rings is 1. The third-order valence-electron chi connectivity index (χ3n) is 5.75. The number of halogens is 4. The van der Waals surface area contributed by atoms with E-state index in [0.717, 1.165) is 11.5 Å². The summed E-state index contributed by atoms with van der Waals surface area (Å²) in [6.07, 6.45) is -4.76. The molecule has 3 aromatic heterocycles. The Bertz CT molecular complexity index is 1140. The molecule has 0 unspecified atom stereocenters. The number of imidazole rings is 1. The van der Waals surface area contributed by atoms with Crippen LogP contribution in [0.2, 0.25) is 0 Å². The Balaban J connectivity index is 1.65. The van der Waals surface area contributed by atoms with E-state index in [1.807, 2.05) is 0 Å². The van der Waals surface area contributed by atoms with Crippen molar-refractivity contribution < 1.29 is 27.8 Å². The third kappa shape index (κ3) is 4.76. The molecule has 1 aliphatic heterocycles. The van der Waals surface area contributed by atoms with Crippen LogP contribution < -0.4 is 4.90 Å². The minimum atomic E-state index is -4.53. The van der Waals surface area contributed by atoms with Crippen molar-refractivity contribution >= 4 is 17.0 Å². The zero-order chi connectivity index (χ0) is 23.9. The molecule has 0 radical (unpaired) electrons. The Morgan fingerprint density at radius 3 is 2.61 bits per heavy atom. The molecule has 0 aliphatic carbocycles. The Kier molecular flexibility index (Phi) is 6.23. The molecule has 33 heavy (non-hydrogen) atoms. The third-order valence-corrected chi connectivity index (χ3v) is 5.75. The Morgan fingerprint density at radius 2 is 1.94 bits per heavy atom. The first kappa shape index (κ1) is 23.3. The molecule has 1 aliphatic rings. The number of fused-ring (bicyclic) bond motifs is 1. The number of rotatable bonds is 5. The van der Waals surface area contributed by atoms with E-state index in [0.29, 0.717) is 23.9 Å². The van der Waals surface area contributed by atoms with Gasteiger partial charge >= 0.3 is 6.18 Å². The molecule has 1 fully saturated rings. The van der Waals surface area contributed by atoms with Crippen molar-refractivity contribution in [3.63, 3.8) is 0 Å². The van der Waals surface area contributed by atoms with Crippen LogP contribution in [0, 0.1) is 0 Å². The van der Waals surface area contributed by atoms with Crippen LogP contribution in [0.1, 0.15) is 49.6 Å². The Hall–Kier alpha value is -2.86. The van der Waals surface area contributed by atoms with Gasteiger partial charge in [-0.1, -0.05) is 0 Å². The SMILES string of the molecule is C[C@H](n1c([C@@H](C)O)nc2cnc(Cc3ccnc(N4CC[C@H](O)[C@H](F)C4)n3)cc21)C(F)(F)F. The summed E-state index contributed by atoms with van der Waals surface area (Å²) in [5.41, 5.74) is 1.46. The molecule has 0 spiro atoms. The number of aliphatic hydroxyl groups excluding tert-OH is 2. The standard InChI is InChI=1S/C21H24F4N6O2/c1-11(32)19-29-16-9-27-14(8-17(16)31(19)12(2)21(23,24)25)7-13-3-5-26-20(28-13)30-6-4-18(33)15(22)10-30/h3,5,8-9,11-12,15,18,32-33H,4,6-7,10H2,1-2H3/t11-,12+,15-,18+/m1/s1. The smallest absolute Gasteiger partial charge is 0.390 e. The molecule has 4 rings (SSSR count). The number of nitrogens with zero attached hydrogens (tertiary/aromatic N) is 6. The van der Waals surface area contributed by atoms with Gasteiger partial charge in [-0.3, -0.25) is 4.98 Å². The van der Waals surface area contributed by atoms with Gasteiger partial charge < -0.3 is 19.7 Å². The highest BCUT2D eigenvalue weighted by molar-refractivity contribution is 5.76. The summed E-state index contributed by atoms with van der Waals surface area (Å²) in [6, 6.07) is 1.27. The average molecular weight is 468 g/mol. The van der Waals surface area contributed by atoms with Crippen LogP contribution in [0.5, 0.6) is 0 Å². The molecule has 0 aromatic carbocycles. The lowest BCUT2D eigenvalue weighted by Gasteiger charge is -2.32. The van der Waals surface area contributed by atoms with Gasteiger partial charge in [-0.05, 0) is 32.4 Å². The molecule has 178 valence electrons. The van der Waals surface area contributed by atoms with E-state index >= 15 is 0 Å². The molecule has 12 heteroatoms. The van der Waals surface area contributed by atoms with Crippen LogP contribution in [-0.4, -0.2) is 66.3 Å². The van der Waals surface area contributed by atoms with E-state index in [2.05, 4.69) is 19.9 Å². The van der Waals surface area contributed by atoms with Gasteiger partial charge in [0.2, 0.25) is 5.95 Å². The quantitative estimate of drug-likeness (QED) is 0.556. The monoisotopic (exact) mass is 468 g/mol. The van der Waals surface area contributed by atoms with Gasteiger partial charge in [-0.25, -0.2) is 19.3 Å². The predicted molar refractivity (Wildman–Crippen MR) is 111 cm³/mol. The molecular weight excluding hydrogens is 444 g/mol. The number of alkyl halides is 4. The van der Waals surface area contributed by atoms with E-state index in [1.165, 1.54) is 25.4 Å². The van der Waals surface area contributed by atoms with E-state index in [-0.39, 0.29) is 36.2 Å². The second kappa shape index (κ2) is 8.82. The highest BCUT2D eigenvalue weighted by atomic mass is 19.4. The fourth-order valence-corrected chi connectivity index (χ4v) is 3.90. The molecule has 1 saturated heterocycles. The minimum Gasteiger partial charge on any atom is -0.390 e. The molecule has 3 aromatic rings. The van der Waals surface area contributed by atoms with Crippen LogP contribution in [0.15, 0.2) is 24.5 Å². The molecule has 0 bridgehead atoms. The zero-order valence-corrected chi connectivity index (χ0v) is 18.0. The Morgan fingerprint density at radius 1 is 1.18 bits per heavy atom. The first-order chi connectivity index (χ1) is 15.5. The average Bonchev–Trinajstić information content (AvgIpc) is 3.13. The van der Waals surface area contributed by atoms with E-state index in [1.54, 1.807) is 11.0 Å². The molecule has 4 atom stereocenters. The number of hydrogen-bond donors (Lipinski definition) is 2. The molecule has 0 saturated carbocycles. The van der Waals surface area contributed by atoms with Gasteiger partial charge in [0.25, 0.3) is 0 Å². The summed E-state index contributed by atoms with van der Waals surface area (Å²) in [5, 5.41) is 19.6. The fourth-order valence-electron chi connectivity index (χ4n) is 3.90. The highest BCUT2D eigenvalue weighted by Crippen LogP contribution is 2.35. The van der Waals surface area contributed by atoms with Crippen molar-refractivity contribution in [3.8, 4) is 0 Å². The second-order valence-corrected chi connectivity index (χ2v) is 8.24. The summed E-state index contributed by atoms with van der Waals surface area (Å²) in [4.78, 5) is 18.7. The molecule has 8 nitrogen and oxygen atoms in total. The topological polar surface area (TPSA) is 100 Å². The van der Waals surface area contributed by atoms with Crippen molar-refractivity contribution in [2.75, 3.05) is 18.0 Å². The van der Waals surface area contributed by atoms with Crippen molar-refractivity contribution in [1.82, 2.24) is 24.5 Å². The Labute approximate surface area is 186 Å². The summed E-state index contributed by atoms with van der Waals surface area (Å²) < 4.78 is 55.4. The van der Waals surface area contributed by atoms with Crippen LogP contribution >= 0.6 is 0 Å². The van der Waals surface area contributed by atoms with Crippen molar-refractivity contribution in [2.45, 2.75) is 57.3 Å². The number of hydrogen-bond acceptors (Lipinski definition) is 7. The molecule has 2 N–H and O–H groups in total. The van der Waals surface area contributed by atoms with Crippen LogP contribution in [0.4, 0.5) is 23.5 Å². The number of anilines is 1. The summed E-state index contributed by atoms with van der Waals surface area (Å²) in [6.45, 7) is 2.76. The first-order valence-corrected chi connectivity index (χ1v) is 10.5. The van der Waals surface area contributed by atoms with Crippen LogP contribution in [0.25, 0.3) is 11.0 Å². The highest BCUT2D eigenvalue weighted by Gasteiger charge is 2.40. The largest absolute Gasteiger partial charge is 0.408 e. The van der Waals surface area contributed by atoms with E-state index in [9.17, 15) is 27.8 Å². The van der Waals surface area contributed by atoms with Crippen LogP contribution in [-0.2, 0) is 6.42 Å². The summed E-state index contributed by atoms with van der Waals surface area (Å²) >= 11 is 0. The maximum atomic E-state index is 13.9. The maximum absolute atomic E-state index is 13.9. The predicted octanol–water partition coefficient (Wildman–Crippen LogP) is 2.90. The van der Waals surface area contributed by atoms with E-state index in [4.69, 9.17) is 0 Å². The van der Waals surface area contributed by atoms with Crippen molar-refractivity contribution in [2.24, 2.45) is 0 Å². The van der Waals surface area contributed by atoms with E-state index < -0.39 is 30.6 Å². The summed E-state index contributed by atoms with van der Waals surface area (Å²) in [5.74, 6) is 0.224. The number of aliphatic hydroxyl groups is 2. The van der Waals surface area contributed by atoms with Gasteiger partial charge in [-0.2, -0.15) is 13.2 Å². The molecular formula is C21H24F4N6O2. The van der Waals surface area contributed by atoms with Gasteiger partial charge in [0.15, 0.2) is 0 Å².